The topological polar surface area (TPSA) is 95.9 Å². The Labute approximate surface area is 91.5 Å². The van der Waals surface area contributed by atoms with Crippen LogP contribution >= 0.6 is 0 Å². The third kappa shape index (κ3) is 2.88. The molecule has 0 spiro atoms. The molecule has 1 amide bonds. The second-order valence-electron chi connectivity index (χ2n) is 2.88. The highest BCUT2D eigenvalue weighted by atomic mass is 16.5. The van der Waals surface area contributed by atoms with Gasteiger partial charge in [-0.05, 0) is 19.1 Å². The standard InChI is InChI=1S/C10H11NO5/c1-2-16-10(15)9(14)11-6-3-4-7(12)8(13)5-6/h3-5,12-13H,2H2,1H3,(H,11,14). The molecule has 3 N–H and O–H groups in total. The Morgan fingerprint density at radius 3 is 2.56 bits per heavy atom. The lowest BCUT2D eigenvalue weighted by Gasteiger charge is -2.05. The van der Waals surface area contributed by atoms with Crippen molar-refractivity contribution in [2.24, 2.45) is 0 Å². The van der Waals surface area contributed by atoms with Gasteiger partial charge in [0.15, 0.2) is 11.5 Å². The molecule has 0 aliphatic heterocycles. The van der Waals surface area contributed by atoms with E-state index in [0.29, 0.717) is 0 Å². The van der Waals surface area contributed by atoms with E-state index >= 15 is 0 Å². The molecule has 0 bridgehead atoms. The lowest BCUT2D eigenvalue weighted by molar-refractivity contribution is -0.152. The van der Waals surface area contributed by atoms with Crippen LogP contribution < -0.4 is 5.32 Å². The SMILES string of the molecule is CCOC(=O)C(=O)Nc1ccc(O)c(O)c1. The van der Waals surface area contributed by atoms with Gasteiger partial charge >= 0.3 is 11.9 Å². The summed E-state index contributed by atoms with van der Waals surface area (Å²) in [6, 6.07) is 3.65. The Hall–Kier alpha value is -2.24. The predicted molar refractivity (Wildman–Crippen MR) is 55.0 cm³/mol. The molecule has 1 aromatic rings. The van der Waals surface area contributed by atoms with Gasteiger partial charge in [-0.3, -0.25) is 4.79 Å². The van der Waals surface area contributed by atoms with E-state index < -0.39 is 11.9 Å². The van der Waals surface area contributed by atoms with Crippen molar-refractivity contribution in [1.82, 2.24) is 0 Å². The van der Waals surface area contributed by atoms with Gasteiger partial charge in [-0.2, -0.15) is 0 Å². The van der Waals surface area contributed by atoms with Crippen LogP contribution in [0.25, 0.3) is 0 Å². The van der Waals surface area contributed by atoms with E-state index in [4.69, 9.17) is 10.2 Å². The highest BCUT2D eigenvalue weighted by Gasteiger charge is 2.15. The first kappa shape index (κ1) is 11.8. The van der Waals surface area contributed by atoms with Crippen molar-refractivity contribution in [3.05, 3.63) is 18.2 Å². The number of nitrogens with one attached hydrogen (secondary N) is 1. The first-order valence-corrected chi connectivity index (χ1v) is 4.54. The summed E-state index contributed by atoms with van der Waals surface area (Å²) in [6.07, 6.45) is 0. The average Bonchev–Trinajstić information content (AvgIpc) is 2.24. The number of phenolic OH excluding ortho intramolecular Hbond substituents is 2. The van der Waals surface area contributed by atoms with E-state index in [1.165, 1.54) is 12.1 Å². The van der Waals surface area contributed by atoms with E-state index in [1.807, 2.05) is 0 Å². The number of phenols is 2. The number of rotatable bonds is 2. The van der Waals surface area contributed by atoms with Crippen LogP contribution in [0.4, 0.5) is 5.69 Å². The molecular formula is C10H11NO5. The molecule has 0 aliphatic carbocycles. The van der Waals surface area contributed by atoms with Gasteiger partial charge in [0.05, 0.1) is 6.61 Å². The van der Waals surface area contributed by atoms with Crippen LogP contribution in [0.15, 0.2) is 18.2 Å². The number of benzene rings is 1. The lowest BCUT2D eigenvalue weighted by Crippen LogP contribution is -2.24. The van der Waals surface area contributed by atoms with E-state index in [-0.39, 0.29) is 23.8 Å². The summed E-state index contributed by atoms with van der Waals surface area (Å²) in [5.41, 5.74) is 0.188. The molecule has 0 heterocycles. The van der Waals surface area contributed by atoms with E-state index in [9.17, 15) is 9.59 Å². The van der Waals surface area contributed by atoms with Gasteiger partial charge in [0, 0.05) is 11.8 Å². The van der Waals surface area contributed by atoms with Crippen LogP contribution in [-0.2, 0) is 14.3 Å². The average molecular weight is 225 g/mol. The fraction of sp³-hybridized carbons (Fsp3) is 0.200. The third-order valence-corrected chi connectivity index (χ3v) is 1.69. The quantitative estimate of drug-likeness (QED) is 0.296. The van der Waals surface area contributed by atoms with E-state index in [2.05, 4.69) is 10.1 Å². The zero-order valence-electron chi connectivity index (χ0n) is 8.56. The molecule has 0 fully saturated rings. The predicted octanol–water partition coefficient (Wildman–Crippen LogP) is 0.599. The maximum atomic E-state index is 11.2. The highest BCUT2D eigenvalue weighted by molar-refractivity contribution is 6.37. The summed E-state index contributed by atoms with van der Waals surface area (Å²) >= 11 is 0. The number of hydrogen-bond donors (Lipinski definition) is 3. The summed E-state index contributed by atoms with van der Waals surface area (Å²) in [6.45, 7) is 1.69. The molecular weight excluding hydrogens is 214 g/mol. The van der Waals surface area contributed by atoms with Crippen molar-refractivity contribution in [1.29, 1.82) is 0 Å². The van der Waals surface area contributed by atoms with Gasteiger partial charge in [-0.15, -0.1) is 0 Å². The van der Waals surface area contributed by atoms with Crippen LogP contribution in [0, 0.1) is 0 Å². The summed E-state index contributed by atoms with van der Waals surface area (Å²) < 4.78 is 4.47. The minimum absolute atomic E-state index is 0.104. The largest absolute Gasteiger partial charge is 0.504 e. The van der Waals surface area contributed by atoms with Crippen LogP contribution in [0.1, 0.15) is 6.92 Å². The molecule has 16 heavy (non-hydrogen) atoms. The van der Waals surface area contributed by atoms with Crippen LogP contribution in [0.3, 0.4) is 0 Å². The van der Waals surface area contributed by atoms with Crippen molar-refractivity contribution in [3.8, 4) is 11.5 Å². The molecule has 86 valence electrons. The van der Waals surface area contributed by atoms with Crippen molar-refractivity contribution >= 4 is 17.6 Å². The fourth-order valence-corrected chi connectivity index (χ4v) is 0.980. The smallest absolute Gasteiger partial charge is 0.397 e. The molecule has 0 atom stereocenters. The summed E-state index contributed by atoms with van der Waals surface area (Å²) in [7, 11) is 0. The molecule has 0 unspecified atom stereocenters. The van der Waals surface area contributed by atoms with E-state index in [0.717, 1.165) is 6.07 Å². The monoisotopic (exact) mass is 225 g/mol. The first-order chi connectivity index (χ1) is 7.54. The summed E-state index contributed by atoms with van der Waals surface area (Å²) in [5, 5.41) is 20.4. The van der Waals surface area contributed by atoms with Gasteiger partial charge in [0.25, 0.3) is 0 Å². The maximum Gasteiger partial charge on any atom is 0.397 e. The number of amides is 1. The number of esters is 1. The second kappa shape index (κ2) is 5.01. The van der Waals surface area contributed by atoms with Gasteiger partial charge in [-0.1, -0.05) is 0 Å². The second-order valence-corrected chi connectivity index (χ2v) is 2.88. The Balaban J connectivity index is 2.70. The number of ether oxygens (including phenoxy) is 1. The van der Waals surface area contributed by atoms with Gasteiger partial charge in [0.1, 0.15) is 0 Å². The molecule has 6 nitrogen and oxygen atoms in total. The maximum absolute atomic E-state index is 11.2. The van der Waals surface area contributed by atoms with Crippen LogP contribution in [0.5, 0.6) is 11.5 Å². The summed E-state index contributed by atoms with van der Waals surface area (Å²) in [5.74, 6) is -2.64. The Kier molecular flexibility index (Phi) is 3.71. The third-order valence-electron chi connectivity index (χ3n) is 1.69. The normalized spacial score (nSPS) is 9.56. The number of carbonyl (C=O) groups is 2. The van der Waals surface area contributed by atoms with E-state index in [1.54, 1.807) is 6.92 Å². The van der Waals surface area contributed by atoms with Crippen LogP contribution in [-0.4, -0.2) is 28.7 Å². The Bertz CT molecular complexity index is 416. The Morgan fingerprint density at radius 1 is 1.31 bits per heavy atom. The molecule has 0 aliphatic rings. The molecule has 0 saturated carbocycles. The molecule has 1 aromatic carbocycles. The minimum Gasteiger partial charge on any atom is -0.504 e. The Morgan fingerprint density at radius 2 is 2.00 bits per heavy atom. The zero-order valence-corrected chi connectivity index (χ0v) is 8.56. The van der Waals surface area contributed by atoms with Gasteiger partial charge in [0.2, 0.25) is 0 Å². The number of anilines is 1. The van der Waals surface area contributed by atoms with Gasteiger partial charge in [-0.25, -0.2) is 4.79 Å². The zero-order chi connectivity index (χ0) is 12.1. The molecule has 0 radical (unpaired) electrons. The number of hydrogen-bond acceptors (Lipinski definition) is 5. The minimum atomic E-state index is -1.00. The van der Waals surface area contributed by atoms with Crippen molar-refractivity contribution < 1.29 is 24.5 Å². The van der Waals surface area contributed by atoms with Crippen molar-refractivity contribution in [2.75, 3.05) is 11.9 Å². The number of carbonyl (C=O) groups excluding carboxylic acids is 2. The lowest BCUT2D eigenvalue weighted by atomic mass is 10.3. The van der Waals surface area contributed by atoms with Gasteiger partial charge < -0.3 is 20.3 Å². The molecule has 6 heteroatoms. The van der Waals surface area contributed by atoms with Crippen LogP contribution in [0.2, 0.25) is 0 Å². The van der Waals surface area contributed by atoms with Crippen molar-refractivity contribution in [3.63, 3.8) is 0 Å². The highest BCUT2D eigenvalue weighted by Crippen LogP contribution is 2.27. The number of aromatic hydroxyl groups is 2. The summed E-state index contributed by atoms with van der Waals surface area (Å²) in [4.78, 5) is 22.1. The molecule has 0 aromatic heterocycles. The first-order valence-electron chi connectivity index (χ1n) is 4.54. The molecule has 1 rings (SSSR count). The molecule has 0 saturated heterocycles. The fourth-order valence-electron chi connectivity index (χ4n) is 0.980. The van der Waals surface area contributed by atoms with Crippen molar-refractivity contribution in [2.45, 2.75) is 6.92 Å².